The molecular weight excluding hydrogens is 386 g/mol. The Hall–Kier alpha value is -3.32. The molecule has 0 saturated carbocycles. The van der Waals surface area contributed by atoms with Crippen molar-refractivity contribution in [2.45, 2.75) is 6.54 Å². The van der Waals surface area contributed by atoms with Gasteiger partial charge in [0, 0.05) is 24.2 Å². The Labute approximate surface area is 163 Å². The van der Waals surface area contributed by atoms with E-state index < -0.39 is 17.2 Å². The predicted molar refractivity (Wildman–Crippen MR) is 104 cm³/mol. The number of halogens is 3. The van der Waals surface area contributed by atoms with Crippen LogP contribution >= 0.6 is 11.6 Å². The van der Waals surface area contributed by atoms with E-state index >= 15 is 0 Å². The second-order valence-electron chi connectivity index (χ2n) is 6.03. The third kappa shape index (κ3) is 3.32. The number of aromatic nitrogens is 3. The highest BCUT2D eigenvalue weighted by molar-refractivity contribution is 6.32. The largest absolute Gasteiger partial charge is 0.378 e. The molecular formula is C20H13ClF2N4O. The number of fused-ring (bicyclic) bond motifs is 1. The summed E-state index contributed by atoms with van der Waals surface area (Å²) in [6, 6.07) is 12.4. The smallest absolute Gasteiger partial charge is 0.292 e. The molecule has 0 atom stereocenters. The van der Waals surface area contributed by atoms with Crippen LogP contribution in [0.1, 0.15) is 5.56 Å². The number of rotatable bonds is 4. The van der Waals surface area contributed by atoms with Crippen molar-refractivity contribution in [3.05, 3.63) is 93.5 Å². The van der Waals surface area contributed by atoms with Gasteiger partial charge in [-0.05, 0) is 23.8 Å². The average molecular weight is 399 g/mol. The zero-order valence-corrected chi connectivity index (χ0v) is 15.1. The summed E-state index contributed by atoms with van der Waals surface area (Å²) in [5.74, 6) is -1.66. The quantitative estimate of drug-likeness (QED) is 0.556. The van der Waals surface area contributed by atoms with Gasteiger partial charge in [-0.1, -0.05) is 35.9 Å². The van der Waals surface area contributed by atoms with E-state index in [1.54, 1.807) is 6.20 Å². The Balaban J connectivity index is 1.64. The molecule has 0 saturated heterocycles. The summed E-state index contributed by atoms with van der Waals surface area (Å²) in [5, 5.41) is 7.86. The molecule has 1 N–H and O–H groups in total. The minimum Gasteiger partial charge on any atom is -0.378 e. The number of benzene rings is 2. The summed E-state index contributed by atoms with van der Waals surface area (Å²) in [7, 11) is 0. The van der Waals surface area contributed by atoms with E-state index in [9.17, 15) is 13.6 Å². The fraction of sp³-hybridized carbons (Fsp3) is 0.0500. The van der Waals surface area contributed by atoms with Gasteiger partial charge in [-0.25, -0.2) is 8.78 Å². The van der Waals surface area contributed by atoms with Crippen LogP contribution in [-0.2, 0) is 6.54 Å². The highest BCUT2D eigenvalue weighted by Gasteiger charge is 2.14. The zero-order valence-electron chi connectivity index (χ0n) is 14.4. The first-order valence-corrected chi connectivity index (χ1v) is 8.72. The Morgan fingerprint density at radius 1 is 1.11 bits per heavy atom. The second-order valence-corrected chi connectivity index (χ2v) is 6.41. The minimum absolute atomic E-state index is 0.146. The van der Waals surface area contributed by atoms with E-state index in [4.69, 9.17) is 11.6 Å². The zero-order chi connectivity index (χ0) is 19.7. The number of nitrogens with zero attached hydrogens (tertiary/aromatic N) is 3. The maximum Gasteiger partial charge on any atom is 0.292 e. The molecule has 0 spiro atoms. The molecule has 2 aromatic heterocycles. The van der Waals surface area contributed by atoms with Crippen LogP contribution in [-0.4, -0.2) is 14.8 Å². The maximum absolute atomic E-state index is 14.0. The molecule has 0 aliphatic carbocycles. The standard InChI is InChI=1S/C20H13ClF2N4O/c21-18-16(25-10-13-4-1-3-12-5-2-8-24-19(12)13)11-26-27(20(18)28)17-7-6-14(22)9-15(17)23/h1-9,11,25H,10H2. The first-order valence-electron chi connectivity index (χ1n) is 8.34. The summed E-state index contributed by atoms with van der Waals surface area (Å²) < 4.78 is 27.8. The van der Waals surface area contributed by atoms with Gasteiger partial charge in [0.1, 0.15) is 16.5 Å². The SMILES string of the molecule is O=c1c(Cl)c(NCc2cccc3cccnc23)cnn1-c1ccc(F)cc1F. The second kappa shape index (κ2) is 7.36. The molecule has 0 bridgehead atoms. The first kappa shape index (κ1) is 18.1. The van der Waals surface area contributed by atoms with Gasteiger partial charge in [-0.15, -0.1) is 0 Å². The van der Waals surface area contributed by atoms with Crippen molar-refractivity contribution in [1.82, 2.24) is 14.8 Å². The van der Waals surface area contributed by atoms with Gasteiger partial charge in [0.05, 0.1) is 17.4 Å². The molecule has 2 aromatic carbocycles. The van der Waals surface area contributed by atoms with Crippen molar-refractivity contribution in [2.24, 2.45) is 0 Å². The van der Waals surface area contributed by atoms with E-state index in [1.807, 2.05) is 30.3 Å². The topological polar surface area (TPSA) is 59.8 Å². The van der Waals surface area contributed by atoms with Crippen molar-refractivity contribution in [1.29, 1.82) is 0 Å². The van der Waals surface area contributed by atoms with E-state index in [1.165, 1.54) is 6.20 Å². The monoisotopic (exact) mass is 398 g/mol. The Bertz CT molecular complexity index is 1240. The third-order valence-corrected chi connectivity index (χ3v) is 4.61. The van der Waals surface area contributed by atoms with E-state index in [0.717, 1.165) is 33.3 Å². The number of nitrogens with one attached hydrogen (secondary N) is 1. The maximum atomic E-state index is 14.0. The molecule has 0 radical (unpaired) electrons. The van der Waals surface area contributed by atoms with Gasteiger partial charge in [0.25, 0.3) is 5.56 Å². The van der Waals surface area contributed by atoms with E-state index in [0.29, 0.717) is 18.3 Å². The van der Waals surface area contributed by atoms with Crippen molar-refractivity contribution < 1.29 is 8.78 Å². The molecule has 4 aromatic rings. The van der Waals surface area contributed by atoms with Gasteiger partial charge < -0.3 is 5.32 Å². The Kier molecular flexibility index (Phi) is 4.75. The number of pyridine rings is 1. The van der Waals surface area contributed by atoms with Crippen LogP contribution in [0.4, 0.5) is 14.5 Å². The number of hydrogen-bond donors (Lipinski definition) is 1. The molecule has 0 unspecified atom stereocenters. The average Bonchev–Trinajstić information content (AvgIpc) is 2.70. The summed E-state index contributed by atoms with van der Waals surface area (Å²) in [5.41, 5.74) is 1.16. The molecule has 5 nitrogen and oxygen atoms in total. The molecule has 28 heavy (non-hydrogen) atoms. The summed E-state index contributed by atoms with van der Waals surface area (Å²) in [6.45, 7) is 0.365. The van der Waals surface area contributed by atoms with Gasteiger partial charge in [-0.3, -0.25) is 9.78 Å². The number of para-hydroxylation sites is 1. The highest BCUT2D eigenvalue weighted by atomic mass is 35.5. The lowest BCUT2D eigenvalue weighted by Crippen LogP contribution is -2.23. The van der Waals surface area contributed by atoms with Crippen LogP contribution < -0.4 is 10.9 Å². The molecule has 8 heteroatoms. The van der Waals surface area contributed by atoms with Crippen LogP contribution in [0.25, 0.3) is 16.6 Å². The van der Waals surface area contributed by atoms with Crippen LogP contribution in [0.15, 0.2) is 65.7 Å². The summed E-state index contributed by atoms with van der Waals surface area (Å²) in [6.07, 6.45) is 3.03. The molecule has 0 amide bonds. The lowest BCUT2D eigenvalue weighted by Gasteiger charge is -2.12. The molecule has 2 heterocycles. The molecule has 4 rings (SSSR count). The van der Waals surface area contributed by atoms with Crippen molar-refractivity contribution in [2.75, 3.05) is 5.32 Å². The van der Waals surface area contributed by atoms with Gasteiger partial charge >= 0.3 is 0 Å². The van der Waals surface area contributed by atoms with E-state index in [2.05, 4.69) is 15.4 Å². The first-order chi connectivity index (χ1) is 13.5. The van der Waals surface area contributed by atoms with Gasteiger partial charge in [0.2, 0.25) is 0 Å². The Morgan fingerprint density at radius 2 is 1.93 bits per heavy atom. The van der Waals surface area contributed by atoms with Gasteiger partial charge in [0.15, 0.2) is 5.82 Å². The normalized spacial score (nSPS) is 11.0. The highest BCUT2D eigenvalue weighted by Crippen LogP contribution is 2.21. The van der Waals surface area contributed by atoms with Crippen LogP contribution in [0, 0.1) is 11.6 Å². The number of anilines is 1. The van der Waals surface area contributed by atoms with Crippen molar-refractivity contribution in [3.63, 3.8) is 0 Å². The minimum atomic E-state index is -0.909. The lowest BCUT2D eigenvalue weighted by atomic mass is 10.1. The van der Waals surface area contributed by atoms with Gasteiger partial charge in [-0.2, -0.15) is 9.78 Å². The molecule has 140 valence electrons. The fourth-order valence-electron chi connectivity index (χ4n) is 2.88. The molecule has 0 aliphatic rings. The Morgan fingerprint density at radius 3 is 2.75 bits per heavy atom. The number of hydrogen-bond acceptors (Lipinski definition) is 4. The van der Waals surface area contributed by atoms with Crippen molar-refractivity contribution in [3.8, 4) is 5.69 Å². The van der Waals surface area contributed by atoms with Crippen LogP contribution in [0.5, 0.6) is 0 Å². The van der Waals surface area contributed by atoms with Crippen molar-refractivity contribution >= 4 is 28.2 Å². The summed E-state index contributed by atoms with van der Waals surface area (Å²) in [4.78, 5) is 16.9. The lowest BCUT2D eigenvalue weighted by molar-refractivity contribution is 0.571. The third-order valence-electron chi connectivity index (χ3n) is 4.24. The predicted octanol–water partition coefficient (Wildman–Crippen LogP) is 4.32. The molecule has 0 aliphatic heterocycles. The van der Waals surface area contributed by atoms with Crippen LogP contribution in [0.3, 0.4) is 0 Å². The fourth-order valence-corrected chi connectivity index (χ4v) is 3.08. The molecule has 0 fully saturated rings. The van der Waals surface area contributed by atoms with Crippen LogP contribution in [0.2, 0.25) is 5.02 Å². The summed E-state index contributed by atoms with van der Waals surface area (Å²) >= 11 is 6.17. The van der Waals surface area contributed by atoms with E-state index in [-0.39, 0.29) is 10.7 Å².